The van der Waals surface area contributed by atoms with Crippen molar-refractivity contribution in [3.05, 3.63) is 22.6 Å². The molecule has 3 aromatic rings. The van der Waals surface area contributed by atoms with Crippen LogP contribution in [0.15, 0.2) is 6.33 Å². The van der Waals surface area contributed by atoms with Gasteiger partial charge in [-0.3, -0.25) is 0 Å². The van der Waals surface area contributed by atoms with Gasteiger partial charge in [-0.1, -0.05) is 6.92 Å². The van der Waals surface area contributed by atoms with Crippen LogP contribution >= 0.6 is 22.9 Å². The van der Waals surface area contributed by atoms with E-state index in [2.05, 4.69) is 31.1 Å². The normalized spacial score (nSPS) is 18.0. The van der Waals surface area contributed by atoms with Crippen molar-refractivity contribution in [2.75, 3.05) is 36.0 Å². The molecular formula is C19H24N6S2. The molecule has 0 amide bonds. The van der Waals surface area contributed by atoms with E-state index in [1.165, 1.54) is 57.9 Å². The van der Waals surface area contributed by atoms with Crippen LogP contribution in [0.3, 0.4) is 0 Å². The Bertz CT molecular complexity index is 949. The Morgan fingerprint density at radius 2 is 1.85 bits per heavy atom. The lowest BCUT2D eigenvalue weighted by Gasteiger charge is -2.23. The van der Waals surface area contributed by atoms with Gasteiger partial charge >= 0.3 is 0 Å². The van der Waals surface area contributed by atoms with Crippen LogP contribution in [-0.4, -0.2) is 45.5 Å². The maximum atomic E-state index is 4.75. The van der Waals surface area contributed by atoms with Gasteiger partial charge in [0.15, 0.2) is 0 Å². The molecule has 142 valence electrons. The van der Waals surface area contributed by atoms with Crippen LogP contribution in [0.4, 0.5) is 10.9 Å². The molecule has 0 atom stereocenters. The molecule has 8 heteroatoms. The van der Waals surface area contributed by atoms with Crippen molar-refractivity contribution in [3.8, 4) is 0 Å². The van der Waals surface area contributed by atoms with Crippen molar-refractivity contribution < 1.29 is 0 Å². The van der Waals surface area contributed by atoms with E-state index in [9.17, 15) is 0 Å². The van der Waals surface area contributed by atoms with Gasteiger partial charge < -0.3 is 9.80 Å². The highest BCUT2D eigenvalue weighted by atomic mass is 32.1. The molecule has 1 fully saturated rings. The van der Waals surface area contributed by atoms with E-state index in [1.807, 2.05) is 11.3 Å². The number of nitrogens with zero attached hydrogens (tertiary/aromatic N) is 6. The molecule has 27 heavy (non-hydrogen) atoms. The summed E-state index contributed by atoms with van der Waals surface area (Å²) < 4.78 is 4.46. The number of hydrogen-bond donors (Lipinski definition) is 0. The topological polar surface area (TPSA) is 58.0 Å². The largest absolute Gasteiger partial charge is 0.354 e. The molecule has 0 unspecified atom stereocenters. The zero-order valence-electron chi connectivity index (χ0n) is 15.6. The van der Waals surface area contributed by atoms with E-state index < -0.39 is 0 Å². The average molecular weight is 401 g/mol. The van der Waals surface area contributed by atoms with Crippen molar-refractivity contribution in [1.82, 2.24) is 19.3 Å². The zero-order chi connectivity index (χ0) is 18.2. The Morgan fingerprint density at radius 3 is 2.74 bits per heavy atom. The highest BCUT2D eigenvalue weighted by Gasteiger charge is 2.24. The highest BCUT2D eigenvalue weighted by molar-refractivity contribution is 7.19. The summed E-state index contributed by atoms with van der Waals surface area (Å²) in [5.74, 6) is 2.10. The van der Waals surface area contributed by atoms with Gasteiger partial charge in [0.25, 0.3) is 0 Å². The summed E-state index contributed by atoms with van der Waals surface area (Å²) in [5.41, 5.74) is 1.52. The second-order valence-corrected chi connectivity index (χ2v) is 9.08. The van der Waals surface area contributed by atoms with Crippen molar-refractivity contribution in [2.24, 2.45) is 0 Å². The molecule has 1 aliphatic carbocycles. The lowest BCUT2D eigenvalue weighted by Crippen LogP contribution is -2.31. The van der Waals surface area contributed by atoms with E-state index in [0.29, 0.717) is 0 Å². The monoisotopic (exact) mass is 400 g/mol. The summed E-state index contributed by atoms with van der Waals surface area (Å²) in [7, 11) is 0. The molecule has 5 rings (SSSR count). The summed E-state index contributed by atoms with van der Waals surface area (Å²) in [5, 5.41) is 2.39. The molecule has 0 aromatic carbocycles. The first-order valence-corrected chi connectivity index (χ1v) is 11.5. The standard InChI is InChI=1S/C19H24N6S2/c1-2-15-22-19(27-23-15)25-9-5-8-24(10-11-25)17-16-13-6-3-4-7-14(13)26-18(16)21-12-20-17/h12H,2-11H2,1H3. The summed E-state index contributed by atoms with van der Waals surface area (Å²) in [6.45, 7) is 6.11. The van der Waals surface area contributed by atoms with Gasteiger partial charge in [0.05, 0.1) is 5.39 Å². The number of aromatic nitrogens is 4. The third kappa shape index (κ3) is 3.18. The third-order valence-corrected chi connectivity index (χ3v) is 7.59. The van der Waals surface area contributed by atoms with Gasteiger partial charge in [-0.2, -0.15) is 4.37 Å². The van der Waals surface area contributed by atoms with Gasteiger partial charge in [-0.15, -0.1) is 11.3 Å². The van der Waals surface area contributed by atoms with Gasteiger partial charge in [0, 0.05) is 49.0 Å². The fourth-order valence-corrected chi connectivity index (χ4v) is 6.18. The van der Waals surface area contributed by atoms with Crippen LogP contribution in [0.25, 0.3) is 10.2 Å². The highest BCUT2D eigenvalue weighted by Crippen LogP contribution is 2.39. The maximum absolute atomic E-state index is 4.75. The number of rotatable bonds is 3. The third-order valence-electron chi connectivity index (χ3n) is 5.57. The Kier molecular flexibility index (Phi) is 4.69. The second kappa shape index (κ2) is 7.31. The number of thiophene rings is 1. The zero-order valence-corrected chi connectivity index (χ0v) is 17.3. The first kappa shape index (κ1) is 17.3. The SMILES string of the molecule is CCc1nsc(N2CCCN(c3ncnc4sc5c(c34)CCCC5)CC2)n1. The van der Waals surface area contributed by atoms with Crippen molar-refractivity contribution >= 4 is 44.0 Å². The number of hydrogen-bond acceptors (Lipinski definition) is 8. The lowest BCUT2D eigenvalue weighted by atomic mass is 9.97. The van der Waals surface area contributed by atoms with Crippen LogP contribution in [0.5, 0.6) is 0 Å². The molecule has 2 aliphatic rings. The van der Waals surface area contributed by atoms with E-state index in [4.69, 9.17) is 4.98 Å². The van der Waals surface area contributed by atoms with Crippen LogP contribution in [0.2, 0.25) is 0 Å². The predicted octanol–water partition coefficient (Wildman–Crippen LogP) is 3.70. The predicted molar refractivity (Wildman–Crippen MR) is 112 cm³/mol. The Hall–Kier alpha value is -1.80. The molecule has 3 aromatic heterocycles. The molecule has 1 saturated heterocycles. The minimum absolute atomic E-state index is 0.901. The summed E-state index contributed by atoms with van der Waals surface area (Å²) >= 11 is 3.41. The Balaban J connectivity index is 1.43. The van der Waals surface area contributed by atoms with Crippen LogP contribution in [-0.2, 0) is 19.3 Å². The second-order valence-electron chi connectivity index (χ2n) is 7.26. The van der Waals surface area contributed by atoms with E-state index in [-0.39, 0.29) is 0 Å². The molecule has 0 N–H and O–H groups in total. The van der Waals surface area contributed by atoms with Crippen LogP contribution in [0.1, 0.15) is 42.5 Å². The van der Waals surface area contributed by atoms with Crippen molar-refractivity contribution in [3.63, 3.8) is 0 Å². The van der Waals surface area contributed by atoms with Crippen LogP contribution < -0.4 is 9.80 Å². The Morgan fingerprint density at radius 1 is 1.00 bits per heavy atom. The number of fused-ring (bicyclic) bond motifs is 3. The van der Waals surface area contributed by atoms with E-state index in [0.717, 1.165) is 55.8 Å². The molecule has 6 nitrogen and oxygen atoms in total. The minimum atomic E-state index is 0.901. The maximum Gasteiger partial charge on any atom is 0.205 e. The lowest BCUT2D eigenvalue weighted by molar-refractivity contribution is 0.699. The first-order chi connectivity index (χ1) is 13.3. The molecular weight excluding hydrogens is 376 g/mol. The van der Waals surface area contributed by atoms with Gasteiger partial charge in [0.2, 0.25) is 5.13 Å². The van der Waals surface area contributed by atoms with Gasteiger partial charge in [0.1, 0.15) is 22.8 Å². The molecule has 0 spiro atoms. The minimum Gasteiger partial charge on any atom is -0.354 e. The number of anilines is 2. The molecule has 0 radical (unpaired) electrons. The molecule has 1 aliphatic heterocycles. The van der Waals surface area contributed by atoms with E-state index >= 15 is 0 Å². The Labute approximate surface area is 167 Å². The summed E-state index contributed by atoms with van der Waals surface area (Å²) in [4.78, 5) is 21.6. The molecule has 4 heterocycles. The first-order valence-electron chi connectivity index (χ1n) is 9.91. The molecule has 0 bridgehead atoms. The number of aryl methyl sites for hydroxylation is 3. The fourth-order valence-electron chi connectivity index (χ4n) is 4.15. The van der Waals surface area contributed by atoms with Gasteiger partial charge in [-0.05, 0) is 37.7 Å². The van der Waals surface area contributed by atoms with Crippen LogP contribution in [0, 0.1) is 0 Å². The molecule has 0 saturated carbocycles. The summed E-state index contributed by atoms with van der Waals surface area (Å²) in [6.07, 6.45) is 8.75. The average Bonchev–Trinajstić information content (AvgIpc) is 3.25. The van der Waals surface area contributed by atoms with E-state index in [1.54, 1.807) is 6.33 Å². The smallest absolute Gasteiger partial charge is 0.205 e. The van der Waals surface area contributed by atoms with Gasteiger partial charge in [-0.25, -0.2) is 15.0 Å². The summed E-state index contributed by atoms with van der Waals surface area (Å²) in [6, 6.07) is 0. The quantitative estimate of drug-likeness (QED) is 0.668. The van der Waals surface area contributed by atoms with Crippen molar-refractivity contribution in [1.29, 1.82) is 0 Å². The van der Waals surface area contributed by atoms with Crippen molar-refractivity contribution in [2.45, 2.75) is 45.4 Å². The fraction of sp³-hybridized carbons (Fsp3) is 0.579.